The molecule has 2 aromatic heterocycles. The minimum atomic E-state index is -0.499. The van der Waals surface area contributed by atoms with Crippen molar-refractivity contribution in [1.29, 1.82) is 0 Å². The van der Waals surface area contributed by atoms with Gasteiger partial charge in [-0.1, -0.05) is 30.3 Å². The summed E-state index contributed by atoms with van der Waals surface area (Å²) < 4.78 is 10.8. The second-order valence-corrected chi connectivity index (χ2v) is 9.32. The van der Waals surface area contributed by atoms with E-state index in [1.165, 1.54) is 0 Å². The molecule has 0 atom stereocenters. The van der Waals surface area contributed by atoms with E-state index in [1.54, 1.807) is 24.3 Å². The molecule has 1 aliphatic heterocycles. The predicted molar refractivity (Wildman–Crippen MR) is 131 cm³/mol. The lowest BCUT2D eigenvalue weighted by molar-refractivity contribution is 0.0204. The summed E-state index contributed by atoms with van der Waals surface area (Å²) in [4.78, 5) is 28.0. The third-order valence-corrected chi connectivity index (χ3v) is 5.58. The van der Waals surface area contributed by atoms with Crippen molar-refractivity contribution in [3.05, 3.63) is 60.4 Å². The number of methoxy groups -OCH3 is 1. The van der Waals surface area contributed by atoms with Gasteiger partial charge < -0.3 is 19.7 Å². The SMILES string of the molecule is COc1cc(Nc2nc(-c3ccccc3)cc(C3CCN(C(=O)OC(C)(C)C)CC3)n2)ccn1. The standard InChI is InChI=1S/C26H31N5O3/c1-26(2,3)34-25(32)31-14-11-19(12-15-31)22-17-21(18-8-6-5-7-9-18)29-24(30-22)28-20-10-13-27-23(16-20)33-4/h5-10,13,16-17,19H,11-12,14-15H2,1-4H3,(H,27,28,29,30). The Hall–Kier alpha value is -3.68. The van der Waals surface area contributed by atoms with Gasteiger partial charge in [-0.05, 0) is 45.7 Å². The third-order valence-electron chi connectivity index (χ3n) is 5.58. The molecule has 1 fully saturated rings. The van der Waals surface area contributed by atoms with Crippen molar-refractivity contribution < 1.29 is 14.3 Å². The molecular weight excluding hydrogens is 430 g/mol. The summed E-state index contributed by atoms with van der Waals surface area (Å²) in [5.74, 6) is 1.25. The van der Waals surface area contributed by atoms with Crippen LogP contribution >= 0.6 is 0 Å². The highest BCUT2D eigenvalue weighted by molar-refractivity contribution is 5.68. The third kappa shape index (κ3) is 6.01. The number of hydrogen-bond donors (Lipinski definition) is 1. The van der Waals surface area contributed by atoms with Gasteiger partial charge in [0.1, 0.15) is 5.60 Å². The average molecular weight is 462 g/mol. The summed E-state index contributed by atoms with van der Waals surface area (Å²) in [6.07, 6.45) is 3.04. The van der Waals surface area contributed by atoms with E-state index >= 15 is 0 Å². The molecule has 0 radical (unpaired) electrons. The van der Waals surface area contributed by atoms with E-state index < -0.39 is 5.60 Å². The maximum absolute atomic E-state index is 12.5. The van der Waals surface area contributed by atoms with E-state index in [0.717, 1.165) is 35.5 Å². The molecule has 4 rings (SSSR count). The topological polar surface area (TPSA) is 89.5 Å². The second kappa shape index (κ2) is 10.1. The molecule has 0 unspecified atom stereocenters. The van der Waals surface area contributed by atoms with Crippen LogP contribution in [0.15, 0.2) is 54.7 Å². The highest BCUT2D eigenvalue weighted by Crippen LogP contribution is 2.31. The van der Waals surface area contributed by atoms with Crippen molar-refractivity contribution in [3.8, 4) is 17.1 Å². The Morgan fingerprint density at radius 1 is 1.06 bits per heavy atom. The number of rotatable bonds is 5. The molecule has 3 heterocycles. The summed E-state index contributed by atoms with van der Waals surface area (Å²) in [5, 5.41) is 3.29. The lowest BCUT2D eigenvalue weighted by Gasteiger charge is -2.33. The average Bonchev–Trinajstić information content (AvgIpc) is 2.83. The molecule has 3 aromatic rings. The zero-order valence-corrected chi connectivity index (χ0v) is 20.1. The number of aromatic nitrogens is 3. The zero-order chi connectivity index (χ0) is 24.1. The molecule has 178 valence electrons. The highest BCUT2D eigenvalue weighted by Gasteiger charge is 2.28. The van der Waals surface area contributed by atoms with Gasteiger partial charge >= 0.3 is 6.09 Å². The number of hydrogen-bond acceptors (Lipinski definition) is 7. The van der Waals surface area contributed by atoms with Gasteiger partial charge in [-0.15, -0.1) is 0 Å². The summed E-state index contributed by atoms with van der Waals surface area (Å²) in [5.41, 5.74) is 3.13. The van der Waals surface area contributed by atoms with Gasteiger partial charge in [0, 0.05) is 48.2 Å². The maximum atomic E-state index is 12.5. The first-order valence-electron chi connectivity index (χ1n) is 11.5. The number of carbonyl (C=O) groups excluding carboxylic acids is 1. The minimum absolute atomic E-state index is 0.219. The highest BCUT2D eigenvalue weighted by atomic mass is 16.6. The lowest BCUT2D eigenvalue weighted by atomic mass is 9.92. The minimum Gasteiger partial charge on any atom is -0.481 e. The summed E-state index contributed by atoms with van der Waals surface area (Å²) in [6.45, 7) is 6.92. The fourth-order valence-corrected chi connectivity index (χ4v) is 3.90. The van der Waals surface area contributed by atoms with Crippen LogP contribution in [0.2, 0.25) is 0 Å². The molecule has 1 saturated heterocycles. The van der Waals surface area contributed by atoms with Crippen molar-refractivity contribution in [2.24, 2.45) is 0 Å². The number of nitrogens with one attached hydrogen (secondary N) is 1. The van der Waals surface area contributed by atoms with E-state index in [4.69, 9.17) is 19.4 Å². The number of nitrogens with zero attached hydrogens (tertiary/aromatic N) is 4. The quantitative estimate of drug-likeness (QED) is 0.544. The van der Waals surface area contributed by atoms with Crippen LogP contribution in [0.5, 0.6) is 5.88 Å². The molecule has 1 aromatic carbocycles. The first kappa shape index (κ1) is 23.5. The van der Waals surface area contributed by atoms with E-state index in [0.29, 0.717) is 24.9 Å². The van der Waals surface area contributed by atoms with E-state index in [9.17, 15) is 4.79 Å². The molecule has 0 aliphatic carbocycles. The van der Waals surface area contributed by atoms with Crippen LogP contribution in [-0.4, -0.2) is 51.7 Å². The van der Waals surface area contributed by atoms with Crippen LogP contribution in [0.1, 0.15) is 45.2 Å². The largest absolute Gasteiger partial charge is 0.481 e. The van der Waals surface area contributed by atoms with Gasteiger partial charge in [0.2, 0.25) is 11.8 Å². The molecular formula is C26H31N5O3. The van der Waals surface area contributed by atoms with Crippen molar-refractivity contribution >= 4 is 17.7 Å². The Morgan fingerprint density at radius 2 is 1.79 bits per heavy atom. The normalized spacial score (nSPS) is 14.5. The van der Waals surface area contributed by atoms with Crippen LogP contribution in [0.3, 0.4) is 0 Å². The van der Waals surface area contributed by atoms with Crippen LogP contribution in [0.4, 0.5) is 16.4 Å². The summed E-state index contributed by atoms with van der Waals surface area (Å²) in [7, 11) is 1.58. The Morgan fingerprint density at radius 3 is 2.47 bits per heavy atom. The number of anilines is 2. The maximum Gasteiger partial charge on any atom is 0.410 e. The predicted octanol–water partition coefficient (Wildman–Crippen LogP) is 5.41. The summed E-state index contributed by atoms with van der Waals surface area (Å²) in [6, 6.07) is 15.8. The first-order chi connectivity index (χ1) is 16.3. The number of amides is 1. The fourth-order valence-electron chi connectivity index (χ4n) is 3.90. The molecule has 8 nitrogen and oxygen atoms in total. The van der Waals surface area contributed by atoms with Crippen LogP contribution < -0.4 is 10.1 Å². The molecule has 1 aliphatic rings. The van der Waals surface area contributed by atoms with E-state index in [2.05, 4.69) is 16.4 Å². The Kier molecular flexibility index (Phi) is 6.95. The fraction of sp³-hybridized carbons (Fsp3) is 0.385. The number of pyridine rings is 1. The Bertz CT molecular complexity index is 1120. The van der Waals surface area contributed by atoms with Crippen LogP contribution in [-0.2, 0) is 4.74 Å². The van der Waals surface area contributed by atoms with E-state index in [-0.39, 0.29) is 12.0 Å². The second-order valence-electron chi connectivity index (χ2n) is 9.32. The van der Waals surface area contributed by atoms with Gasteiger partial charge in [-0.25, -0.2) is 19.7 Å². The molecule has 0 spiro atoms. The zero-order valence-electron chi connectivity index (χ0n) is 20.1. The monoisotopic (exact) mass is 461 g/mol. The molecule has 1 N–H and O–H groups in total. The molecule has 0 saturated carbocycles. The van der Waals surface area contributed by atoms with Crippen molar-refractivity contribution in [3.63, 3.8) is 0 Å². The smallest absolute Gasteiger partial charge is 0.410 e. The number of piperidine rings is 1. The summed E-state index contributed by atoms with van der Waals surface area (Å²) >= 11 is 0. The number of likely N-dealkylation sites (tertiary alicyclic amines) is 1. The van der Waals surface area contributed by atoms with Gasteiger partial charge in [0.25, 0.3) is 0 Å². The number of ether oxygens (including phenoxy) is 2. The van der Waals surface area contributed by atoms with Crippen molar-refractivity contribution in [1.82, 2.24) is 19.9 Å². The number of benzene rings is 1. The molecule has 1 amide bonds. The molecule has 0 bridgehead atoms. The number of carbonyl (C=O) groups is 1. The van der Waals surface area contributed by atoms with Gasteiger partial charge in [0.15, 0.2) is 0 Å². The van der Waals surface area contributed by atoms with E-state index in [1.807, 2.05) is 57.2 Å². The Labute approximate surface area is 200 Å². The molecule has 8 heteroatoms. The van der Waals surface area contributed by atoms with Crippen LogP contribution in [0.25, 0.3) is 11.3 Å². The van der Waals surface area contributed by atoms with Crippen LogP contribution in [0, 0.1) is 0 Å². The molecule has 34 heavy (non-hydrogen) atoms. The lowest BCUT2D eigenvalue weighted by Crippen LogP contribution is -2.41. The van der Waals surface area contributed by atoms with Crippen molar-refractivity contribution in [2.75, 3.05) is 25.5 Å². The Balaban J connectivity index is 1.57. The van der Waals surface area contributed by atoms with Crippen molar-refractivity contribution in [2.45, 2.75) is 45.1 Å². The van der Waals surface area contributed by atoms with Gasteiger partial charge in [-0.2, -0.15) is 0 Å². The van der Waals surface area contributed by atoms with Gasteiger partial charge in [0.05, 0.1) is 12.8 Å². The first-order valence-corrected chi connectivity index (χ1v) is 11.5. The van der Waals surface area contributed by atoms with Gasteiger partial charge in [-0.3, -0.25) is 0 Å².